The molecule has 2 aromatic carbocycles. The molecule has 1 N–H and O–H groups in total. The topological polar surface area (TPSA) is 46.9 Å². The van der Waals surface area contributed by atoms with Gasteiger partial charge in [0, 0.05) is 25.4 Å². The van der Waals surface area contributed by atoms with Crippen molar-refractivity contribution in [2.75, 3.05) is 6.54 Å². The van der Waals surface area contributed by atoms with Crippen LogP contribution >= 0.6 is 0 Å². The number of hydrogen-bond donors (Lipinski definition) is 1. The molecule has 0 spiro atoms. The van der Waals surface area contributed by atoms with Gasteiger partial charge in [-0.25, -0.2) is 4.98 Å². The number of amides is 1. The molecule has 0 aliphatic heterocycles. The molecule has 1 aromatic heterocycles. The minimum absolute atomic E-state index is 0.0952. The van der Waals surface area contributed by atoms with Crippen LogP contribution in [0, 0.1) is 6.92 Å². The van der Waals surface area contributed by atoms with Crippen molar-refractivity contribution in [3.63, 3.8) is 0 Å². The van der Waals surface area contributed by atoms with E-state index < -0.39 is 0 Å². The van der Waals surface area contributed by atoms with Crippen LogP contribution in [0.2, 0.25) is 0 Å². The molecule has 4 heteroatoms. The van der Waals surface area contributed by atoms with E-state index in [1.807, 2.05) is 18.2 Å². The molecule has 4 nitrogen and oxygen atoms in total. The van der Waals surface area contributed by atoms with Gasteiger partial charge < -0.3 is 9.88 Å². The van der Waals surface area contributed by atoms with Gasteiger partial charge in [0.2, 0.25) is 5.91 Å². The van der Waals surface area contributed by atoms with Gasteiger partial charge in [-0.15, -0.1) is 0 Å². The van der Waals surface area contributed by atoms with E-state index in [4.69, 9.17) is 4.98 Å². The van der Waals surface area contributed by atoms with E-state index in [0.717, 1.165) is 29.7 Å². The fourth-order valence-electron chi connectivity index (χ4n) is 3.26. The molecule has 0 unspecified atom stereocenters. The molecule has 136 valence electrons. The van der Waals surface area contributed by atoms with Crippen LogP contribution in [0.3, 0.4) is 0 Å². The van der Waals surface area contributed by atoms with Crippen molar-refractivity contribution >= 4 is 16.9 Å². The Morgan fingerprint density at radius 2 is 1.81 bits per heavy atom. The summed E-state index contributed by atoms with van der Waals surface area (Å²) in [4.78, 5) is 16.9. The average molecular weight is 349 g/mol. The van der Waals surface area contributed by atoms with Gasteiger partial charge in [-0.05, 0) is 44.9 Å². The Morgan fingerprint density at radius 3 is 2.54 bits per heavy atom. The molecule has 0 bridgehead atoms. The van der Waals surface area contributed by atoms with Crippen molar-refractivity contribution in [1.29, 1.82) is 0 Å². The van der Waals surface area contributed by atoms with Crippen molar-refractivity contribution in [3.8, 4) is 0 Å². The van der Waals surface area contributed by atoms with E-state index in [2.05, 4.69) is 61.0 Å². The highest BCUT2D eigenvalue weighted by molar-refractivity contribution is 5.77. The molecular weight excluding hydrogens is 322 g/mol. The molecule has 0 aliphatic rings. The highest BCUT2D eigenvalue weighted by Crippen LogP contribution is 2.21. The second-order valence-corrected chi connectivity index (χ2v) is 7.07. The predicted octanol–water partition coefficient (Wildman–Crippen LogP) is 4.22. The fourth-order valence-corrected chi connectivity index (χ4v) is 3.26. The van der Waals surface area contributed by atoms with E-state index in [1.165, 1.54) is 11.1 Å². The quantitative estimate of drug-likeness (QED) is 0.694. The summed E-state index contributed by atoms with van der Waals surface area (Å²) < 4.78 is 2.26. The second kappa shape index (κ2) is 8.17. The zero-order chi connectivity index (χ0) is 18.5. The Labute approximate surface area is 155 Å². The molecule has 1 heterocycles. The molecular formula is C22H27N3O. The van der Waals surface area contributed by atoms with Crippen LogP contribution < -0.4 is 5.32 Å². The standard InChI is InChI=1S/C22H27N3O/c1-16(2)25-20-7-5-4-6-19(20)24-21(25)14-15-23-22(26)13-12-18-10-8-17(3)9-11-18/h4-11,16H,12-15H2,1-3H3,(H,23,26). The van der Waals surface area contributed by atoms with Crippen molar-refractivity contribution in [1.82, 2.24) is 14.9 Å². The molecule has 26 heavy (non-hydrogen) atoms. The molecule has 0 radical (unpaired) electrons. The first-order chi connectivity index (χ1) is 12.5. The van der Waals surface area contributed by atoms with Gasteiger partial charge in [-0.3, -0.25) is 4.79 Å². The molecule has 0 atom stereocenters. The van der Waals surface area contributed by atoms with Crippen LogP contribution in [-0.2, 0) is 17.6 Å². The minimum Gasteiger partial charge on any atom is -0.356 e. The second-order valence-electron chi connectivity index (χ2n) is 7.07. The van der Waals surface area contributed by atoms with Gasteiger partial charge in [0.05, 0.1) is 11.0 Å². The Hall–Kier alpha value is -2.62. The van der Waals surface area contributed by atoms with E-state index >= 15 is 0 Å². The summed E-state index contributed by atoms with van der Waals surface area (Å²) in [6, 6.07) is 16.9. The number of fused-ring (bicyclic) bond motifs is 1. The summed E-state index contributed by atoms with van der Waals surface area (Å²) in [5.41, 5.74) is 4.61. The SMILES string of the molecule is Cc1ccc(CCC(=O)NCCc2nc3ccccc3n2C(C)C)cc1. The zero-order valence-corrected chi connectivity index (χ0v) is 15.8. The lowest BCUT2D eigenvalue weighted by atomic mass is 10.1. The fraction of sp³-hybridized carbons (Fsp3) is 0.364. The van der Waals surface area contributed by atoms with Crippen molar-refractivity contribution in [2.45, 2.75) is 46.1 Å². The lowest BCUT2D eigenvalue weighted by Gasteiger charge is -2.13. The number of rotatable bonds is 7. The van der Waals surface area contributed by atoms with Crippen LogP contribution in [-0.4, -0.2) is 22.0 Å². The maximum atomic E-state index is 12.1. The smallest absolute Gasteiger partial charge is 0.220 e. The molecule has 3 rings (SSSR count). The van der Waals surface area contributed by atoms with Crippen molar-refractivity contribution < 1.29 is 4.79 Å². The van der Waals surface area contributed by atoms with Crippen LogP contribution in [0.1, 0.15) is 43.3 Å². The summed E-state index contributed by atoms with van der Waals surface area (Å²) in [6.07, 6.45) is 2.03. The molecule has 0 aliphatic carbocycles. The van der Waals surface area contributed by atoms with Crippen LogP contribution in [0.15, 0.2) is 48.5 Å². The van der Waals surface area contributed by atoms with Crippen LogP contribution in [0.5, 0.6) is 0 Å². The summed E-state index contributed by atoms with van der Waals surface area (Å²) >= 11 is 0. The number of para-hydroxylation sites is 2. The Kier molecular flexibility index (Phi) is 5.71. The van der Waals surface area contributed by atoms with Gasteiger partial charge in [-0.2, -0.15) is 0 Å². The maximum absolute atomic E-state index is 12.1. The first-order valence-electron chi connectivity index (χ1n) is 9.32. The van der Waals surface area contributed by atoms with Crippen LogP contribution in [0.4, 0.5) is 0 Å². The lowest BCUT2D eigenvalue weighted by Crippen LogP contribution is -2.26. The van der Waals surface area contributed by atoms with E-state index in [9.17, 15) is 4.79 Å². The average Bonchev–Trinajstić information content (AvgIpc) is 2.99. The van der Waals surface area contributed by atoms with Gasteiger partial charge in [0.25, 0.3) is 0 Å². The first kappa shape index (κ1) is 18.2. The normalized spacial score (nSPS) is 11.2. The Bertz CT molecular complexity index is 878. The number of nitrogens with one attached hydrogen (secondary N) is 1. The van der Waals surface area contributed by atoms with Gasteiger partial charge in [0.15, 0.2) is 0 Å². The summed E-state index contributed by atoms with van der Waals surface area (Å²) in [7, 11) is 0. The third-order valence-electron chi connectivity index (χ3n) is 4.62. The van der Waals surface area contributed by atoms with Crippen molar-refractivity contribution in [2.24, 2.45) is 0 Å². The lowest BCUT2D eigenvalue weighted by molar-refractivity contribution is -0.121. The molecule has 0 fully saturated rings. The molecule has 1 amide bonds. The van der Waals surface area contributed by atoms with E-state index in [-0.39, 0.29) is 5.91 Å². The highest BCUT2D eigenvalue weighted by atomic mass is 16.1. The number of carbonyl (C=O) groups is 1. The summed E-state index contributed by atoms with van der Waals surface area (Å²) in [6.45, 7) is 7.01. The first-order valence-corrected chi connectivity index (χ1v) is 9.32. The predicted molar refractivity (Wildman–Crippen MR) is 106 cm³/mol. The number of carbonyl (C=O) groups excluding carboxylic acids is 1. The summed E-state index contributed by atoms with van der Waals surface area (Å²) in [5.74, 6) is 1.12. The van der Waals surface area contributed by atoms with Crippen molar-refractivity contribution in [3.05, 3.63) is 65.5 Å². The Morgan fingerprint density at radius 1 is 1.08 bits per heavy atom. The molecule has 0 saturated heterocycles. The number of imidazole rings is 1. The zero-order valence-electron chi connectivity index (χ0n) is 15.8. The molecule has 3 aromatic rings. The molecule has 0 saturated carbocycles. The number of hydrogen-bond acceptors (Lipinski definition) is 2. The third-order valence-corrected chi connectivity index (χ3v) is 4.62. The number of nitrogens with zero attached hydrogens (tertiary/aromatic N) is 2. The van der Waals surface area contributed by atoms with Gasteiger partial charge in [0.1, 0.15) is 5.82 Å². The Balaban J connectivity index is 1.54. The van der Waals surface area contributed by atoms with E-state index in [1.54, 1.807) is 0 Å². The maximum Gasteiger partial charge on any atom is 0.220 e. The summed E-state index contributed by atoms with van der Waals surface area (Å²) in [5, 5.41) is 3.03. The van der Waals surface area contributed by atoms with E-state index in [0.29, 0.717) is 19.0 Å². The number of aryl methyl sites for hydroxylation is 2. The third kappa shape index (κ3) is 4.31. The largest absolute Gasteiger partial charge is 0.356 e. The van der Waals surface area contributed by atoms with Gasteiger partial charge >= 0.3 is 0 Å². The van der Waals surface area contributed by atoms with Crippen LogP contribution in [0.25, 0.3) is 11.0 Å². The minimum atomic E-state index is 0.0952. The monoisotopic (exact) mass is 349 g/mol. The number of benzene rings is 2. The van der Waals surface area contributed by atoms with Gasteiger partial charge in [-0.1, -0.05) is 42.0 Å². The number of aromatic nitrogens is 2. The highest BCUT2D eigenvalue weighted by Gasteiger charge is 2.13.